The lowest BCUT2D eigenvalue weighted by molar-refractivity contribution is -0.136. The summed E-state index contributed by atoms with van der Waals surface area (Å²) in [6, 6.07) is 0.526. The molecule has 2 heterocycles. The maximum Gasteiger partial charge on any atom is 0.333 e. The number of unbranched alkanes of at least 4 members (excludes halogenated alkanes) is 1. The molecule has 3 rings (SSSR count). The van der Waals surface area contributed by atoms with Gasteiger partial charge in [0.2, 0.25) is 0 Å². The van der Waals surface area contributed by atoms with E-state index in [1.54, 1.807) is 0 Å². The molecule has 0 unspecified atom stereocenters. The Bertz CT molecular complexity index is 1020. The molecule has 0 bridgehead atoms. The van der Waals surface area contributed by atoms with E-state index < -0.39 is 25.9 Å². The van der Waals surface area contributed by atoms with Crippen molar-refractivity contribution >= 4 is 25.9 Å². The van der Waals surface area contributed by atoms with Crippen molar-refractivity contribution in [3.63, 3.8) is 0 Å². The van der Waals surface area contributed by atoms with Gasteiger partial charge in [-0.3, -0.25) is 24.0 Å². The van der Waals surface area contributed by atoms with Gasteiger partial charge in [0.05, 0.1) is 0 Å². The van der Waals surface area contributed by atoms with Gasteiger partial charge in [-0.25, -0.2) is 4.79 Å². The van der Waals surface area contributed by atoms with Crippen LogP contribution in [-0.4, -0.2) is 70.2 Å². The largest absolute Gasteiger partial charge is 0.385 e. The molecule has 0 aromatic carbocycles. The number of hydrogen-bond donors (Lipinski definition) is 2. The van der Waals surface area contributed by atoms with E-state index in [4.69, 9.17) is 16.2 Å². The summed E-state index contributed by atoms with van der Waals surface area (Å²) in [5.74, 6) is 0.386. The molecule has 4 N–H and O–H groups in total. The van der Waals surface area contributed by atoms with E-state index in [2.05, 4.69) is 34.4 Å². The number of ether oxygens (including phenoxy) is 1. The van der Waals surface area contributed by atoms with Crippen molar-refractivity contribution in [2.75, 3.05) is 19.7 Å². The van der Waals surface area contributed by atoms with Gasteiger partial charge in [0.15, 0.2) is 0 Å². The number of amides is 4. The summed E-state index contributed by atoms with van der Waals surface area (Å²) < 4.78 is 8.03. The molecule has 0 radical (unpaired) electrons. The summed E-state index contributed by atoms with van der Waals surface area (Å²) >= 11 is 0. The number of nitrogens with two attached hydrogens (primary N) is 2. The average molecular weight is 534 g/mol. The third-order valence-corrected chi connectivity index (χ3v) is 8.94. The molecule has 4 amide bonds. The van der Waals surface area contributed by atoms with Crippen molar-refractivity contribution in [1.82, 2.24) is 24.6 Å². The molecule has 37 heavy (non-hydrogen) atoms. The van der Waals surface area contributed by atoms with Crippen LogP contribution < -0.4 is 11.5 Å². The SMILES string of the molecule is CCCCN1C(=O)C(=C(N)N)C(=O)N(CC2CCC(c3nnc(C)n3COCC[Si](C)(C)C)CC2)C1=O. The number of carbonyl (C=O) groups is 3. The summed E-state index contributed by atoms with van der Waals surface area (Å²) in [5, 5.41) is 8.75. The van der Waals surface area contributed by atoms with Crippen LogP contribution in [0.15, 0.2) is 11.4 Å². The topological polar surface area (TPSA) is 150 Å². The minimum absolute atomic E-state index is 0.121. The lowest BCUT2D eigenvalue weighted by atomic mass is 9.81. The summed E-state index contributed by atoms with van der Waals surface area (Å²) in [4.78, 5) is 41.1. The van der Waals surface area contributed by atoms with E-state index in [9.17, 15) is 14.4 Å². The van der Waals surface area contributed by atoms with Gasteiger partial charge in [-0.05, 0) is 51.0 Å². The van der Waals surface area contributed by atoms with Gasteiger partial charge >= 0.3 is 6.03 Å². The Kier molecular flexibility index (Phi) is 9.51. The first-order valence-corrected chi connectivity index (χ1v) is 17.1. The smallest absolute Gasteiger partial charge is 0.333 e. The second-order valence-corrected chi connectivity index (χ2v) is 17.1. The first-order valence-electron chi connectivity index (χ1n) is 13.3. The molecule has 0 atom stereocenters. The minimum Gasteiger partial charge on any atom is -0.385 e. The molecule has 2 fully saturated rings. The highest BCUT2D eigenvalue weighted by atomic mass is 28.3. The fourth-order valence-electron chi connectivity index (χ4n) is 4.86. The quantitative estimate of drug-likeness (QED) is 0.191. The molecule has 1 aromatic heterocycles. The Labute approximate surface area is 220 Å². The van der Waals surface area contributed by atoms with Crippen LogP contribution in [0.2, 0.25) is 25.7 Å². The van der Waals surface area contributed by atoms with E-state index in [1.807, 2.05) is 13.8 Å². The summed E-state index contributed by atoms with van der Waals surface area (Å²) in [6.07, 6.45) is 4.83. The second kappa shape index (κ2) is 12.2. The zero-order valence-corrected chi connectivity index (χ0v) is 24.0. The van der Waals surface area contributed by atoms with Gasteiger partial charge in [0.1, 0.15) is 29.8 Å². The fraction of sp³-hybridized carbons (Fsp3) is 0.720. The van der Waals surface area contributed by atoms with Crippen LogP contribution in [0.4, 0.5) is 4.79 Å². The van der Waals surface area contributed by atoms with Crippen molar-refractivity contribution in [3.05, 3.63) is 23.0 Å². The molecule has 1 aliphatic heterocycles. The van der Waals surface area contributed by atoms with Gasteiger partial charge in [-0.1, -0.05) is 33.0 Å². The minimum atomic E-state index is -1.16. The molecule has 11 nitrogen and oxygen atoms in total. The molecule has 1 aliphatic carbocycles. The summed E-state index contributed by atoms with van der Waals surface area (Å²) in [7, 11) is -1.16. The predicted octanol–water partition coefficient (Wildman–Crippen LogP) is 2.89. The number of urea groups is 1. The zero-order chi connectivity index (χ0) is 27.3. The monoisotopic (exact) mass is 533 g/mol. The highest BCUT2D eigenvalue weighted by Crippen LogP contribution is 2.36. The molecule has 1 aromatic rings. The van der Waals surface area contributed by atoms with Crippen molar-refractivity contribution in [3.8, 4) is 0 Å². The highest BCUT2D eigenvalue weighted by molar-refractivity contribution is 6.76. The van der Waals surface area contributed by atoms with Crippen molar-refractivity contribution < 1.29 is 19.1 Å². The third-order valence-electron chi connectivity index (χ3n) is 7.24. The fourth-order valence-corrected chi connectivity index (χ4v) is 5.61. The Hall–Kier alpha value is -2.73. The van der Waals surface area contributed by atoms with Gasteiger partial charge in [0, 0.05) is 33.7 Å². The molecular weight excluding hydrogens is 490 g/mol. The van der Waals surface area contributed by atoms with Gasteiger partial charge < -0.3 is 16.2 Å². The Morgan fingerprint density at radius 2 is 1.68 bits per heavy atom. The Balaban J connectivity index is 1.63. The van der Waals surface area contributed by atoms with E-state index in [1.165, 1.54) is 0 Å². The van der Waals surface area contributed by atoms with Crippen LogP contribution in [0.5, 0.6) is 0 Å². The maximum absolute atomic E-state index is 13.1. The number of aromatic nitrogens is 3. The van der Waals surface area contributed by atoms with E-state index >= 15 is 0 Å². The molecule has 206 valence electrons. The average Bonchev–Trinajstić information content (AvgIpc) is 3.19. The van der Waals surface area contributed by atoms with Crippen LogP contribution in [0.25, 0.3) is 0 Å². The van der Waals surface area contributed by atoms with Gasteiger partial charge in [0.25, 0.3) is 11.8 Å². The predicted molar refractivity (Wildman–Crippen MR) is 143 cm³/mol. The highest BCUT2D eigenvalue weighted by Gasteiger charge is 2.44. The molecule has 0 spiro atoms. The molecule has 2 aliphatic rings. The molecule has 1 saturated heterocycles. The van der Waals surface area contributed by atoms with Crippen LogP contribution in [-0.2, 0) is 21.1 Å². The lowest BCUT2D eigenvalue weighted by Crippen LogP contribution is -2.58. The number of imide groups is 2. The van der Waals surface area contributed by atoms with Crippen molar-refractivity contribution in [1.29, 1.82) is 0 Å². The van der Waals surface area contributed by atoms with Crippen LogP contribution in [0, 0.1) is 12.8 Å². The Morgan fingerprint density at radius 3 is 2.27 bits per heavy atom. The number of rotatable bonds is 11. The molecule has 1 saturated carbocycles. The standard InChI is InChI=1S/C25H43N7O4Si/c1-6-7-12-30-23(33)20(21(26)27)24(34)31(25(30)35)15-18-8-10-19(11-9-18)22-29-28-17(2)32(22)16-36-13-14-37(3,4)5/h18-19H,6-16,26-27H2,1-5H3. The lowest BCUT2D eigenvalue weighted by Gasteiger charge is -2.37. The maximum atomic E-state index is 13.1. The summed E-state index contributed by atoms with van der Waals surface area (Å²) in [5.41, 5.74) is 11.0. The number of nitrogens with zero attached hydrogens (tertiary/aromatic N) is 5. The van der Waals surface area contributed by atoms with Crippen LogP contribution in [0.3, 0.4) is 0 Å². The first-order chi connectivity index (χ1) is 17.4. The zero-order valence-electron chi connectivity index (χ0n) is 23.0. The second-order valence-electron chi connectivity index (χ2n) is 11.4. The van der Waals surface area contributed by atoms with Crippen molar-refractivity contribution in [2.24, 2.45) is 17.4 Å². The van der Waals surface area contributed by atoms with E-state index in [0.29, 0.717) is 13.2 Å². The van der Waals surface area contributed by atoms with E-state index in [-0.39, 0.29) is 36.3 Å². The number of hydrogen-bond acceptors (Lipinski definition) is 8. The van der Waals surface area contributed by atoms with Crippen molar-refractivity contribution in [2.45, 2.75) is 90.7 Å². The number of barbiturate groups is 1. The van der Waals surface area contributed by atoms with Gasteiger partial charge in [-0.15, -0.1) is 10.2 Å². The first kappa shape index (κ1) is 28.8. The summed E-state index contributed by atoms with van der Waals surface area (Å²) in [6.45, 7) is 12.6. The molecular formula is C25H43N7O4Si. The van der Waals surface area contributed by atoms with Crippen LogP contribution >= 0.6 is 0 Å². The van der Waals surface area contributed by atoms with Crippen LogP contribution in [0.1, 0.15) is 63.0 Å². The number of aryl methyl sites for hydroxylation is 1. The Morgan fingerprint density at radius 1 is 1.03 bits per heavy atom. The number of carbonyl (C=O) groups excluding carboxylic acids is 3. The third kappa shape index (κ3) is 6.98. The van der Waals surface area contributed by atoms with Gasteiger partial charge in [-0.2, -0.15) is 0 Å². The molecule has 12 heteroatoms. The normalized spacial score (nSPS) is 21.2. The van der Waals surface area contributed by atoms with E-state index in [0.717, 1.165) is 66.2 Å².